The van der Waals surface area contributed by atoms with Gasteiger partial charge in [-0.3, -0.25) is 4.79 Å². The van der Waals surface area contributed by atoms with Crippen LogP contribution >= 0.6 is 0 Å². The highest BCUT2D eigenvalue weighted by Crippen LogP contribution is 2.21. The Hall–Kier alpha value is -2.11. The van der Waals surface area contributed by atoms with Crippen LogP contribution in [0.4, 0.5) is 0 Å². The Balaban J connectivity index is 1.82. The molecule has 18 heavy (non-hydrogen) atoms. The Kier molecular flexibility index (Phi) is 2.62. The zero-order valence-corrected chi connectivity index (χ0v) is 9.74. The van der Waals surface area contributed by atoms with Crippen LogP contribution in [-0.2, 0) is 24.2 Å². The number of aliphatic carboxylic acids is 1. The molecule has 0 bridgehead atoms. The van der Waals surface area contributed by atoms with E-state index in [1.807, 2.05) is 16.7 Å². The molecule has 3 heterocycles. The molecule has 0 aliphatic carbocycles. The van der Waals surface area contributed by atoms with Crippen molar-refractivity contribution >= 4 is 5.97 Å². The molecule has 6 heteroatoms. The van der Waals surface area contributed by atoms with Crippen LogP contribution in [0, 0.1) is 5.92 Å². The Bertz CT molecular complexity index is 559. The molecule has 0 radical (unpaired) electrons. The first-order valence-electron chi connectivity index (χ1n) is 5.90. The monoisotopic (exact) mass is 247 g/mol. The Labute approximate surface area is 103 Å². The molecule has 0 spiro atoms. The largest absolute Gasteiger partial charge is 0.481 e. The molecule has 0 amide bonds. The fraction of sp³-hybridized carbons (Fsp3) is 0.417. The topological polar surface area (TPSA) is 81.1 Å². The Morgan fingerprint density at radius 3 is 3.17 bits per heavy atom. The molecule has 0 aromatic carbocycles. The van der Waals surface area contributed by atoms with Crippen LogP contribution in [0.15, 0.2) is 22.8 Å². The highest BCUT2D eigenvalue weighted by molar-refractivity contribution is 5.70. The average molecular weight is 247 g/mol. The summed E-state index contributed by atoms with van der Waals surface area (Å²) in [6.45, 7) is 0.662. The maximum atomic E-state index is 11.0. The average Bonchev–Trinajstić information content (AvgIpc) is 2.99. The van der Waals surface area contributed by atoms with Crippen LogP contribution < -0.4 is 0 Å². The second-order valence-corrected chi connectivity index (χ2v) is 4.47. The molecule has 2 aromatic rings. The van der Waals surface area contributed by atoms with E-state index in [4.69, 9.17) is 9.52 Å². The molecular weight excluding hydrogens is 234 g/mol. The van der Waals surface area contributed by atoms with Gasteiger partial charge in [-0.2, -0.15) is 0 Å². The van der Waals surface area contributed by atoms with Crippen molar-refractivity contribution in [3.63, 3.8) is 0 Å². The van der Waals surface area contributed by atoms with Crippen molar-refractivity contribution in [1.29, 1.82) is 0 Å². The molecule has 0 saturated heterocycles. The summed E-state index contributed by atoms with van der Waals surface area (Å²) in [5.74, 6) is 1.35. The molecule has 0 saturated carbocycles. The van der Waals surface area contributed by atoms with Crippen molar-refractivity contribution in [2.45, 2.75) is 25.8 Å². The van der Waals surface area contributed by atoms with E-state index in [-0.39, 0.29) is 5.92 Å². The van der Waals surface area contributed by atoms with Crippen LogP contribution in [0.1, 0.15) is 23.8 Å². The minimum atomic E-state index is -0.753. The maximum Gasteiger partial charge on any atom is 0.307 e. The highest BCUT2D eigenvalue weighted by Gasteiger charge is 2.27. The SMILES string of the molecule is O=C(O)C1CCn2c(Cc3ccco3)nnc2C1. The molecule has 3 rings (SSSR count). The molecule has 1 N–H and O–H groups in total. The van der Waals surface area contributed by atoms with E-state index >= 15 is 0 Å². The molecule has 1 unspecified atom stereocenters. The zero-order chi connectivity index (χ0) is 12.5. The van der Waals surface area contributed by atoms with Gasteiger partial charge in [0, 0.05) is 13.0 Å². The van der Waals surface area contributed by atoms with E-state index in [0.717, 1.165) is 17.4 Å². The van der Waals surface area contributed by atoms with Gasteiger partial charge in [0.15, 0.2) is 0 Å². The first-order valence-corrected chi connectivity index (χ1v) is 5.90. The number of furan rings is 1. The summed E-state index contributed by atoms with van der Waals surface area (Å²) in [6.07, 6.45) is 3.31. The van der Waals surface area contributed by atoms with Gasteiger partial charge < -0.3 is 14.1 Å². The Morgan fingerprint density at radius 2 is 2.44 bits per heavy atom. The van der Waals surface area contributed by atoms with Crippen molar-refractivity contribution < 1.29 is 14.3 Å². The first kappa shape index (κ1) is 11.0. The third kappa shape index (κ3) is 1.90. The standard InChI is InChI=1S/C12H13N3O3/c16-12(17)8-3-4-15-10(6-8)13-14-11(15)7-9-2-1-5-18-9/h1-2,5,8H,3-4,6-7H2,(H,16,17). The van der Waals surface area contributed by atoms with Crippen molar-refractivity contribution in [3.8, 4) is 0 Å². The van der Waals surface area contributed by atoms with Crippen LogP contribution in [-0.4, -0.2) is 25.8 Å². The second kappa shape index (κ2) is 4.29. The zero-order valence-electron chi connectivity index (χ0n) is 9.74. The van der Waals surface area contributed by atoms with Crippen molar-refractivity contribution in [2.24, 2.45) is 5.92 Å². The molecule has 0 fully saturated rings. The number of fused-ring (bicyclic) bond motifs is 1. The van der Waals surface area contributed by atoms with Crippen molar-refractivity contribution in [3.05, 3.63) is 35.8 Å². The number of rotatable bonds is 3. The van der Waals surface area contributed by atoms with Crippen molar-refractivity contribution in [2.75, 3.05) is 0 Å². The summed E-state index contributed by atoms with van der Waals surface area (Å²) in [5, 5.41) is 17.2. The van der Waals surface area contributed by atoms with Gasteiger partial charge >= 0.3 is 5.97 Å². The number of carbonyl (C=O) groups is 1. The van der Waals surface area contributed by atoms with Crippen LogP contribution in [0.5, 0.6) is 0 Å². The predicted molar refractivity (Wildman–Crippen MR) is 61.0 cm³/mol. The third-order valence-corrected chi connectivity index (χ3v) is 3.30. The van der Waals surface area contributed by atoms with E-state index in [9.17, 15) is 4.79 Å². The minimum absolute atomic E-state index is 0.335. The maximum absolute atomic E-state index is 11.0. The lowest BCUT2D eigenvalue weighted by Crippen LogP contribution is -2.26. The van der Waals surface area contributed by atoms with Crippen molar-refractivity contribution in [1.82, 2.24) is 14.8 Å². The number of aromatic nitrogens is 3. The van der Waals surface area contributed by atoms with E-state index in [2.05, 4.69) is 10.2 Å². The second-order valence-electron chi connectivity index (χ2n) is 4.47. The summed E-state index contributed by atoms with van der Waals surface area (Å²) in [6, 6.07) is 3.73. The number of carboxylic acids is 1. The molecule has 1 aliphatic rings. The molecule has 2 aromatic heterocycles. The van der Waals surface area contributed by atoms with Gasteiger partial charge in [-0.15, -0.1) is 10.2 Å². The highest BCUT2D eigenvalue weighted by atomic mass is 16.4. The normalized spacial score (nSPS) is 18.6. The lowest BCUT2D eigenvalue weighted by atomic mass is 9.98. The van der Waals surface area contributed by atoms with E-state index in [1.165, 1.54) is 0 Å². The van der Waals surface area contributed by atoms with Gasteiger partial charge in [-0.1, -0.05) is 0 Å². The van der Waals surface area contributed by atoms with Crippen LogP contribution in [0.3, 0.4) is 0 Å². The van der Waals surface area contributed by atoms with E-state index < -0.39 is 5.97 Å². The predicted octanol–water partition coefficient (Wildman–Crippen LogP) is 1.11. The first-order chi connectivity index (χ1) is 8.74. The lowest BCUT2D eigenvalue weighted by molar-refractivity contribution is -0.142. The lowest BCUT2D eigenvalue weighted by Gasteiger charge is -2.20. The van der Waals surface area contributed by atoms with Gasteiger partial charge in [0.05, 0.1) is 18.6 Å². The molecule has 94 valence electrons. The van der Waals surface area contributed by atoms with Gasteiger partial charge in [-0.25, -0.2) is 0 Å². The number of carboxylic acid groups (broad SMARTS) is 1. The summed E-state index contributed by atoms with van der Waals surface area (Å²) >= 11 is 0. The van der Waals surface area contributed by atoms with Crippen LogP contribution in [0.25, 0.3) is 0 Å². The van der Waals surface area contributed by atoms with E-state index in [0.29, 0.717) is 25.8 Å². The third-order valence-electron chi connectivity index (χ3n) is 3.30. The fourth-order valence-electron chi connectivity index (χ4n) is 2.30. The summed E-state index contributed by atoms with van der Waals surface area (Å²) in [7, 11) is 0. The smallest absolute Gasteiger partial charge is 0.307 e. The van der Waals surface area contributed by atoms with Gasteiger partial charge in [-0.05, 0) is 18.6 Å². The summed E-state index contributed by atoms with van der Waals surface area (Å²) in [5.41, 5.74) is 0. The number of hydrogen-bond donors (Lipinski definition) is 1. The summed E-state index contributed by atoms with van der Waals surface area (Å²) in [4.78, 5) is 11.0. The van der Waals surface area contributed by atoms with Gasteiger partial charge in [0.25, 0.3) is 0 Å². The Morgan fingerprint density at radius 1 is 1.56 bits per heavy atom. The summed E-state index contributed by atoms with van der Waals surface area (Å²) < 4.78 is 7.28. The fourth-order valence-corrected chi connectivity index (χ4v) is 2.30. The van der Waals surface area contributed by atoms with E-state index in [1.54, 1.807) is 6.26 Å². The molecule has 1 atom stereocenters. The quantitative estimate of drug-likeness (QED) is 0.878. The molecular formula is C12H13N3O3. The van der Waals surface area contributed by atoms with Gasteiger partial charge in [0.2, 0.25) is 0 Å². The van der Waals surface area contributed by atoms with Gasteiger partial charge in [0.1, 0.15) is 17.4 Å². The minimum Gasteiger partial charge on any atom is -0.481 e. The van der Waals surface area contributed by atoms with Crippen LogP contribution in [0.2, 0.25) is 0 Å². The molecule has 6 nitrogen and oxygen atoms in total. The molecule has 1 aliphatic heterocycles. The number of nitrogens with zero attached hydrogens (tertiary/aromatic N) is 3. The number of hydrogen-bond acceptors (Lipinski definition) is 4.